The maximum atomic E-state index is 13.6. The Labute approximate surface area is 142 Å². The molecule has 1 rings (SSSR count). The first-order chi connectivity index (χ1) is 11.3. The summed E-state index contributed by atoms with van der Waals surface area (Å²) in [7, 11) is 0. The minimum absolute atomic E-state index is 0.155. The molecule has 11 heteroatoms. The van der Waals surface area contributed by atoms with E-state index >= 15 is 0 Å². The van der Waals surface area contributed by atoms with Crippen LogP contribution in [0.3, 0.4) is 0 Å². The van der Waals surface area contributed by atoms with E-state index in [2.05, 4.69) is 4.99 Å². The molecular weight excluding hydrogens is 348 g/mol. The highest BCUT2D eigenvalue weighted by molar-refractivity contribution is 5.92. The molecule has 0 aromatic rings. The number of nitrogens with zero attached hydrogens (tertiary/aromatic N) is 2. The molecule has 1 heterocycles. The van der Waals surface area contributed by atoms with E-state index in [4.69, 9.17) is 4.74 Å². The number of ether oxygens (including phenoxy) is 1. The van der Waals surface area contributed by atoms with Gasteiger partial charge < -0.3 is 4.74 Å². The van der Waals surface area contributed by atoms with E-state index in [1.165, 1.54) is 6.92 Å². The second-order valence-electron chi connectivity index (χ2n) is 6.42. The van der Waals surface area contributed by atoms with Crippen LogP contribution in [-0.4, -0.2) is 59.8 Å². The SMILES string of the molecule is CCN=C(NNC(=O)[C@@H]1C[C@@H](F)CN1C(=O)OC(C)(C)C)C(F)(F)F. The molecule has 144 valence electrons. The second kappa shape index (κ2) is 7.87. The fraction of sp³-hybridized carbons (Fsp3) is 0.786. The third-order valence-corrected chi connectivity index (χ3v) is 3.07. The molecule has 0 saturated carbocycles. The number of carbonyl (C=O) groups is 2. The molecule has 0 aromatic heterocycles. The largest absolute Gasteiger partial charge is 0.450 e. The van der Waals surface area contributed by atoms with Crippen LogP contribution in [0.25, 0.3) is 0 Å². The third kappa shape index (κ3) is 6.39. The average molecular weight is 370 g/mol. The topological polar surface area (TPSA) is 83.0 Å². The highest BCUT2D eigenvalue weighted by Gasteiger charge is 2.42. The number of rotatable bonds is 2. The van der Waals surface area contributed by atoms with Gasteiger partial charge in [0, 0.05) is 13.0 Å². The third-order valence-electron chi connectivity index (χ3n) is 3.07. The van der Waals surface area contributed by atoms with Gasteiger partial charge in [-0.05, 0) is 27.7 Å². The molecule has 1 aliphatic rings. The zero-order chi connectivity index (χ0) is 19.4. The van der Waals surface area contributed by atoms with Crippen molar-refractivity contribution < 1.29 is 31.9 Å². The summed E-state index contributed by atoms with van der Waals surface area (Å²) in [5.74, 6) is -2.37. The van der Waals surface area contributed by atoms with Crippen molar-refractivity contribution in [1.29, 1.82) is 0 Å². The fourth-order valence-corrected chi connectivity index (χ4v) is 2.12. The van der Waals surface area contributed by atoms with Gasteiger partial charge in [0.1, 0.15) is 17.8 Å². The predicted octanol–water partition coefficient (Wildman–Crippen LogP) is 1.94. The lowest BCUT2D eigenvalue weighted by molar-refractivity contribution is -0.126. The summed E-state index contributed by atoms with van der Waals surface area (Å²) in [6, 6.07) is -1.28. The molecule has 0 radical (unpaired) electrons. The van der Waals surface area contributed by atoms with Crippen LogP contribution in [0.5, 0.6) is 0 Å². The van der Waals surface area contributed by atoms with Crippen LogP contribution in [0.1, 0.15) is 34.1 Å². The van der Waals surface area contributed by atoms with Crippen molar-refractivity contribution in [2.45, 2.75) is 58.1 Å². The quantitative estimate of drug-likeness (QED) is 0.337. The summed E-state index contributed by atoms with van der Waals surface area (Å²) in [6.07, 6.45) is -7.51. The maximum Gasteiger partial charge on any atom is 0.450 e. The van der Waals surface area contributed by atoms with Crippen molar-refractivity contribution in [3.05, 3.63) is 0 Å². The number of hydrazine groups is 1. The Hall–Kier alpha value is -2.07. The summed E-state index contributed by atoms with van der Waals surface area (Å²) in [5.41, 5.74) is 2.65. The average Bonchev–Trinajstić information content (AvgIpc) is 2.82. The van der Waals surface area contributed by atoms with Crippen LogP contribution < -0.4 is 10.9 Å². The van der Waals surface area contributed by atoms with Gasteiger partial charge in [-0.15, -0.1) is 0 Å². The standard InChI is InChI=1S/C14H22F4N4O3/c1-5-19-11(14(16,17)18)21-20-10(23)9-6-8(15)7-22(9)12(24)25-13(2,3)4/h8-9H,5-7H2,1-4H3,(H,19,21)(H,20,23)/t8-,9+/m1/s1. The number of alkyl halides is 4. The van der Waals surface area contributed by atoms with Gasteiger partial charge in [-0.2, -0.15) is 13.2 Å². The smallest absolute Gasteiger partial charge is 0.444 e. The number of carbonyl (C=O) groups excluding carboxylic acids is 2. The zero-order valence-electron chi connectivity index (χ0n) is 14.4. The van der Waals surface area contributed by atoms with Crippen molar-refractivity contribution in [2.24, 2.45) is 4.99 Å². The summed E-state index contributed by atoms with van der Waals surface area (Å²) in [5, 5.41) is 0. The summed E-state index contributed by atoms with van der Waals surface area (Å²) in [4.78, 5) is 28.2. The summed E-state index contributed by atoms with van der Waals surface area (Å²) < 4.78 is 56.8. The Morgan fingerprint density at radius 3 is 2.32 bits per heavy atom. The second-order valence-corrected chi connectivity index (χ2v) is 6.42. The number of hydrogen-bond donors (Lipinski definition) is 2. The van der Waals surface area contributed by atoms with Gasteiger partial charge in [-0.1, -0.05) is 0 Å². The summed E-state index contributed by atoms with van der Waals surface area (Å²) in [6.45, 7) is 5.66. The number of likely N-dealkylation sites (tertiary alicyclic amines) is 1. The molecule has 1 saturated heterocycles. The molecular formula is C14H22F4N4O3. The molecule has 0 aromatic carbocycles. The molecule has 2 atom stereocenters. The van der Waals surface area contributed by atoms with Gasteiger partial charge in [0.15, 0.2) is 0 Å². The Bertz CT molecular complexity index is 531. The van der Waals surface area contributed by atoms with E-state index in [-0.39, 0.29) is 19.5 Å². The van der Waals surface area contributed by atoms with Crippen LogP contribution in [-0.2, 0) is 9.53 Å². The Morgan fingerprint density at radius 2 is 1.84 bits per heavy atom. The number of hydrogen-bond acceptors (Lipinski definition) is 4. The van der Waals surface area contributed by atoms with Gasteiger partial charge in [0.05, 0.1) is 6.54 Å². The van der Waals surface area contributed by atoms with E-state index in [1.807, 2.05) is 5.43 Å². The normalized spacial score (nSPS) is 21.9. The van der Waals surface area contributed by atoms with E-state index in [0.29, 0.717) is 0 Å². The Balaban J connectivity index is 2.78. The lowest BCUT2D eigenvalue weighted by Crippen LogP contribution is -2.54. The van der Waals surface area contributed by atoms with Crippen LogP contribution in [0, 0.1) is 0 Å². The number of aliphatic imine (C=N–C) groups is 1. The number of nitrogens with one attached hydrogen (secondary N) is 2. The van der Waals surface area contributed by atoms with Crippen LogP contribution in [0.4, 0.5) is 22.4 Å². The Morgan fingerprint density at radius 1 is 1.24 bits per heavy atom. The van der Waals surface area contributed by atoms with Crippen molar-refractivity contribution in [3.8, 4) is 0 Å². The molecule has 7 nitrogen and oxygen atoms in total. The molecule has 0 aliphatic carbocycles. The molecule has 0 bridgehead atoms. The number of halogens is 4. The first-order valence-corrected chi connectivity index (χ1v) is 7.66. The molecule has 0 unspecified atom stereocenters. The molecule has 2 amide bonds. The van der Waals surface area contributed by atoms with Gasteiger partial charge in [0.2, 0.25) is 5.84 Å². The molecule has 25 heavy (non-hydrogen) atoms. The molecule has 2 N–H and O–H groups in total. The van der Waals surface area contributed by atoms with Crippen molar-refractivity contribution in [2.75, 3.05) is 13.1 Å². The van der Waals surface area contributed by atoms with Gasteiger partial charge >= 0.3 is 12.3 Å². The minimum Gasteiger partial charge on any atom is -0.444 e. The predicted molar refractivity (Wildman–Crippen MR) is 81.6 cm³/mol. The van der Waals surface area contributed by atoms with Crippen LogP contribution in [0.15, 0.2) is 4.99 Å². The van der Waals surface area contributed by atoms with Crippen LogP contribution in [0.2, 0.25) is 0 Å². The lowest BCUT2D eigenvalue weighted by Gasteiger charge is -2.28. The highest BCUT2D eigenvalue weighted by Crippen LogP contribution is 2.23. The van der Waals surface area contributed by atoms with E-state index in [9.17, 15) is 27.2 Å². The maximum absolute atomic E-state index is 13.6. The van der Waals surface area contributed by atoms with Crippen molar-refractivity contribution in [3.63, 3.8) is 0 Å². The van der Waals surface area contributed by atoms with Crippen LogP contribution >= 0.6 is 0 Å². The molecule has 1 fully saturated rings. The number of amides is 2. The fourth-order valence-electron chi connectivity index (χ4n) is 2.12. The lowest BCUT2D eigenvalue weighted by atomic mass is 10.2. The van der Waals surface area contributed by atoms with E-state index < -0.39 is 41.8 Å². The van der Waals surface area contributed by atoms with Gasteiger partial charge in [0.25, 0.3) is 5.91 Å². The molecule has 0 spiro atoms. The van der Waals surface area contributed by atoms with Gasteiger partial charge in [-0.3, -0.25) is 25.5 Å². The van der Waals surface area contributed by atoms with Gasteiger partial charge in [-0.25, -0.2) is 9.18 Å². The monoisotopic (exact) mass is 370 g/mol. The number of amidine groups is 1. The zero-order valence-corrected chi connectivity index (χ0v) is 14.4. The minimum atomic E-state index is -4.79. The van der Waals surface area contributed by atoms with Crippen molar-refractivity contribution >= 4 is 17.8 Å². The molecule has 1 aliphatic heterocycles. The first kappa shape index (κ1) is 21.0. The van der Waals surface area contributed by atoms with Crippen molar-refractivity contribution in [1.82, 2.24) is 15.8 Å². The van der Waals surface area contributed by atoms with E-state index in [0.717, 1.165) is 4.90 Å². The Kier molecular flexibility index (Phi) is 6.61. The highest BCUT2D eigenvalue weighted by atomic mass is 19.4. The first-order valence-electron chi connectivity index (χ1n) is 7.66. The summed E-state index contributed by atoms with van der Waals surface area (Å²) >= 11 is 0. The van der Waals surface area contributed by atoms with E-state index in [1.54, 1.807) is 26.2 Å².